The number of hydrogen-bond donors (Lipinski definition) is 3. The number of para-hydroxylation sites is 1. The van der Waals surface area contributed by atoms with Gasteiger partial charge in [0.1, 0.15) is 5.75 Å². The normalized spacial score (nSPS) is 10.6. The van der Waals surface area contributed by atoms with Gasteiger partial charge in [0.25, 0.3) is 0 Å². The van der Waals surface area contributed by atoms with E-state index >= 15 is 0 Å². The molecule has 6 nitrogen and oxygen atoms in total. The molecule has 1 amide bonds. The number of halogens is 2. The lowest BCUT2D eigenvalue weighted by Gasteiger charge is -2.14. The summed E-state index contributed by atoms with van der Waals surface area (Å²) in [4.78, 5) is 16.3. The maximum atomic E-state index is 12.2. The molecular weight excluding hydrogens is 535 g/mol. The van der Waals surface area contributed by atoms with E-state index in [4.69, 9.17) is 4.74 Å². The van der Waals surface area contributed by atoms with Crippen molar-refractivity contribution in [3.05, 3.63) is 58.1 Å². The molecule has 0 aliphatic rings. The van der Waals surface area contributed by atoms with Gasteiger partial charge < -0.3 is 20.7 Å². The van der Waals surface area contributed by atoms with Gasteiger partial charge in [-0.15, -0.1) is 24.0 Å². The minimum atomic E-state index is -0.135. The zero-order valence-corrected chi connectivity index (χ0v) is 20.1. The van der Waals surface area contributed by atoms with E-state index in [1.807, 2.05) is 49.4 Å². The number of guanidine groups is 1. The zero-order chi connectivity index (χ0) is 19.6. The predicted molar refractivity (Wildman–Crippen MR) is 129 cm³/mol. The number of benzene rings is 2. The number of amides is 1. The van der Waals surface area contributed by atoms with E-state index in [0.717, 1.165) is 33.5 Å². The number of nitrogens with zero attached hydrogens (tertiary/aromatic N) is 1. The van der Waals surface area contributed by atoms with Gasteiger partial charge in [0.2, 0.25) is 5.91 Å². The first-order valence-electron chi connectivity index (χ1n) is 8.66. The molecule has 2 aromatic rings. The molecule has 0 bridgehead atoms. The molecule has 0 spiro atoms. The molecule has 0 aliphatic heterocycles. The van der Waals surface area contributed by atoms with Crippen molar-refractivity contribution in [2.45, 2.75) is 13.3 Å². The van der Waals surface area contributed by atoms with Gasteiger partial charge in [-0.2, -0.15) is 0 Å². The minimum Gasteiger partial charge on any atom is -0.496 e. The van der Waals surface area contributed by atoms with Crippen LogP contribution < -0.4 is 20.7 Å². The van der Waals surface area contributed by atoms with Crippen molar-refractivity contribution in [3.63, 3.8) is 0 Å². The molecule has 28 heavy (non-hydrogen) atoms. The number of carbonyl (C=O) groups is 1. The summed E-state index contributed by atoms with van der Waals surface area (Å²) >= 11 is 3.41. The highest BCUT2D eigenvalue weighted by Gasteiger charge is 2.07. The SMILES string of the molecule is CN=C(NCCc1ccccc1OC)NCC(=O)Nc1cc(Br)ccc1C.I. The van der Waals surface area contributed by atoms with Gasteiger partial charge in [0.05, 0.1) is 13.7 Å². The van der Waals surface area contributed by atoms with Crippen LogP contribution in [-0.4, -0.2) is 39.1 Å². The molecule has 0 atom stereocenters. The smallest absolute Gasteiger partial charge is 0.243 e. The summed E-state index contributed by atoms with van der Waals surface area (Å²) < 4.78 is 6.27. The number of methoxy groups -OCH3 is 1. The lowest BCUT2D eigenvalue weighted by atomic mass is 10.1. The fourth-order valence-corrected chi connectivity index (χ4v) is 2.89. The maximum absolute atomic E-state index is 12.2. The Morgan fingerprint density at radius 2 is 1.93 bits per heavy atom. The van der Waals surface area contributed by atoms with Crippen LogP contribution in [0.1, 0.15) is 11.1 Å². The second-order valence-corrected chi connectivity index (χ2v) is 6.84. The Kier molecular flexibility index (Phi) is 10.9. The van der Waals surface area contributed by atoms with E-state index in [1.165, 1.54) is 0 Å². The number of rotatable bonds is 7. The van der Waals surface area contributed by atoms with Gasteiger partial charge in [0.15, 0.2) is 5.96 Å². The molecule has 0 saturated carbocycles. The average Bonchev–Trinajstić information content (AvgIpc) is 2.67. The molecule has 0 aliphatic carbocycles. The summed E-state index contributed by atoms with van der Waals surface area (Å²) in [5.41, 5.74) is 2.91. The molecule has 0 radical (unpaired) electrons. The van der Waals surface area contributed by atoms with Crippen LogP contribution in [0.3, 0.4) is 0 Å². The second kappa shape index (κ2) is 12.6. The lowest BCUT2D eigenvalue weighted by molar-refractivity contribution is -0.115. The van der Waals surface area contributed by atoms with E-state index in [1.54, 1.807) is 14.2 Å². The Morgan fingerprint density at radius 3 is 2.64 bits per heavy atom. The van der Waals surface area contributed by atoms with Crippen molar-refractivity contribution in [1.82, 2.24) is 10.6 Å². The van der Waals surface area contributed by atoms with Crippen molar-refractivity contribution in [2.24, 2.45) is 4.99 Å². The van der Waals surface area contributed by atoms with Crippen molar-refractivity contribution in [2.75, 3.05) is 32.6 Å². The molecule has 2 rings (SSSR count). The van der Waals surface area contributed by atoms with Gasteiger partial charge in [0, 0.05) is 23.8 Å². The van der Waals surface area contributed by atoms with Crippen molar-refractivity contribution >= 4 is 57.5 Å². The highest BCUT2D eigenvalue weighted by Crippen LogP contribution is 2.20. The number of nitrogens with one attached hydrogen (secondary N) is 3. The number of aliphatic imine (C=N–C) groups is 1. The highest BCUT2D eigenvalue weighted by atomic mass is 127. The average molecular weight is 561 g/mol. The molecule has 0 saturated heterocycles. The Hall–Kier alpha value is -1.81. The Bertz CT molecular complexity index is 815. The third-order valence-corrected chi connectivity index (χ3v) is 4.49. The van der Waals surface area contributed by atoms with Crippen LogP contribution in [0.5, 0.6) is 5.75 Å². The number of hydrogen-bond acceptors (Lipinski definition) is 3. The number of carbonyl (C=O) groups excluding carboxylic acids is 1. The van der Waals surface area contributed by atoms with Gasteiger partial charge in [-0.3, -0.25) is 9.79 Å². The molecule has 152 valence electrons. The second-order valence-electron chi connectivity index (χ2n) is 5.92. The van der Waals surface area contributed by atoms with E-state index in [9.17, 15) is 4.79 Å². The van der Waals surface area contributed by atoms with Gasteiger partial charge in [-0.1, -0.05) is 40.2 Å². The highest BCUT2D eigenvalue weighted by molar-refractivity contribution is 14.0. The lowest BCUT2D eigenvalue weighted by Crippen LogP contribution is -2.42. The van der Waals surface area contributed by atoms with Crippen LogP contribution in [0.25, 0.3) is 0 Å². The molecule has 0 aromatic heterocycles. The largest absolute Gasteiger partial charge is 0.496 e. The Balaban J connectivity index is 0.00000392. The third-order valence-electron chi connectivity index (χ3n) is 3.99. The summed E-state index contributed by atoms with van der Waals surface area (Å²) in [6.45, 7) is 2.75. The third kappa shape index (κ3) is 7.67. The predicted octanol–water partition coefficient (Wildman–Crippen LogP) is 3.73. The van der Waals surface area contributed by atoms with Gasteiger partial charge >= 0.3 is 0 Å². The molecular formula is C20H26BrIN4O2. The van der Waals surface area contributed by atoms with Crippen LogP contribution >= 0.6 is 39.9 Å². The van der Waals surface area contributed by atoms with Gasteiger partial charge in [-0.05, 0) is 42.7 Å². The molecule has 0 unspecified atom stereocenters. The Labute approximate surface area is 191 Å². The number of aryl methyl sites for hydroxylation is 1. The fraction of sp³-hybridized carbons (Fsp3) is 0.300. The van der Waals surface area contributed by atoms with E-state index in [-0.39, 0.29) is 36.4 Å². The minimum absolute atomic E-state index is 0. The summed E-state index contributed by atoms with van der Waals surface area (Å²) in [5.74, 6) is 1.31. The quantitative estimate of drug-likeness (QED) is 0.274. The topological polar surface area (TPSA) is 74.8 Å². The van der Waals surface area contributed by atoms with Crippen LogP contribution in [0.15, 0.2) is 51.9 Å². The molecule has 0 heterocycles. The maximum Gasteiger partial charge on any atom is 0.243 e. The van der Waals surface area contributed by atoms with E-state index < -0.39 is 0 Å². The first kappa shape index (κ1) is 24.2. The summed E-state index contributed by atoms with van der Waals surface area (Å²) in [6.07, 6.45) is 0.786. The molecule has 2 aromatic carbocycles. The first-order chi connectivity index (χ1) is 13.0. The van der Waals surface area contributed by atoms with Crippen LogP contribution in [0, 0.1) is 6.92 Å². The summed E-state index contributed by atoms with van der Waals surface area (Å²) in [6, 6.07) is 13.7. The van der Waals surface area contributed by atoms with Crippen molar-refractivity contribution < 1.29 is 9.53 Å². The summed E-state index contributed by atoms with van der Waals surface area (Å²) in [7, 11) is 3.34. The standard InChI is InChI=1S/C20H25BrN4O2.HI/c1-14-8-9-16(21)12-17(14)25-19(26)13-24-20(22-2)23-11-10-15-6-4-5-7-18(15)27-3;/h4-9,12H,10-11,13H2,1-3H3,(H,25,26)(H2,22,23,24);1H. The van der Waals surface area contributed by atoms with E-state index in [2.05, 4.69) is 36.9 Å². The summed E-state index contributed by atoms with van der Waals surface area (Å²) in [5, 5.41) is 9.12. The van der Waals surface area contributed by atoms with Crippen molar-refractivity contribution in [3.8, 4) is 5.75 Å². The fourth-order valence-electron chi connectivity index (χ4n) is 2.53. The first-order valence-corrected chi connectivity index (χ1v) is 9.45. The number of anilines is 1. The van der Waals surface area contributed by atoms with Crippen LogP contribution in [0.4, 0.5) is 5.69 Å². The van der Waals surface area contributed by atoms with Gasteiger partial charge in [-0.25, -0.2) is 0 Å². The Morgan fingerprint density at radius 1 is 1.18 bits per heavy atom. The van der Waals surface area contributed by atoms with E-state index in [0.29, 0.717) is 12.5 Å². The molecule has 3 N–H and O–H groups in total. The number of ether oxygens (including phenoxy) is 1. The monoisotopic (exact) mass is 560 g/mol. The zero-order valence-electron chi connectivity index (χ0n) is 16.2. The van der Waals surface area contributed by atoms with Crippen LogP contribution in [-0.2, 0) is 11.2 Å². The van der Waals surface area contributed by atoms with Crippen molar-refractivity contribution in [1.29, 1.82) is 0 Å². The molecule has 8 heteroatoms. The van der Waals surface area contributed by atoms with Crippen LogP contribution in [0.2, 0.25) is 0 Å². The molecule has 0 fully saturated rings.